The van der Waals surface area contributed by atoms with Gasteiger partial charge in [0.05, 0.1) is 6.20 Å². The molecule has 98 valence electrons. The van der Waals surface area contributed by atoms with E-state index in [-0.39, 0.29) is 11.3 Å². The van der Waals surface area contributed by atoms with Crippen molar-refractivity contribution in [2.75, 3.05) is 5.32 Å². The number of amides is 1. The molecule has 1 amide bonds. The first-order chi connectivity index (χ1) is 9.00. The Morgan fingerprint density at radius 2 is 2.00 bits per heavy atom. The lowest BCUT2D eigenvalue weighted by Crippen LogP contribution is -2.19. The summed E-state index contributed by atoms with van der Waals surface area (Å²) in [4.78, 5) is 23.2. The van der Waals surface area contributed by atoms with E-state index in [1.54, 1.807) is 12.1 Å². The molecule has 0 spiro atoms. The summed E-state index contributed by atoms with van der Waals surface area (Å²) in [5, 5.41) is 15.5. The van der Waals surface area contributed by atoms with Crippen LogP contribution in [0.5, 0.6) is 0 Å². The number of hydrogen-bond donors (Lipinski definition) is 2. The summed E-state index contributed by atoms with van der Waals surface area (Å²) in [6.07, 6.45) is 1.16. The Labute approximate surface area is 109 Å². The molecule has 0 bridgehead atoms. The Morgan fingerprint density at radius 1 is 1.32 bits per heavy atom. The molecule has 1 aromatic carbocycles. The fourth-order valence-electron chi connectivity index (χ4n) is 1.76. The molecule has 1 heterocycles. The van der Waals surface area contributed by atoms with Crippen LogP contribution < -0.4 is 5.32 Å². The molecule has 0 radical (unpaired) electrons. The number of carboxylic acids is 1. The van der Waals surface area contributed by atoms with Crippen LogP contribution >= 0.6 is 0 Å². The van der Waals surface area contributed by atoms with Gasteiger partial charge >= 0.3 is 5.97 Å². The van der Waals surface area contributed by atoms with Crippen molar-refractivity contribution in [3.63, 3.8) is 0 Å². The largest absolute Gasteiger partial charge is 0.478 e. The van der Waals surface area contributed by atoms with Crippen LogP contribution in [0.2, 0.25) is 0 Å². The molecule has 0 fully saturated rings. The minimum absolute atomic E-state index is 0.0238. The van der Waals surface area contributed by atoms with Crippen molar-refractivity contribution in [2.24, 2.45) is 7.05 Å². The normalized spacial score (nSPS) is 10.2. The molecule has 0 aliphatic rings. The molecule has 6 heteroatoms. The van der Waals surface area contributed by atoms with Crippen LogP contribution in [-0.4, -0.2) is 26.8 Å². The lowest BCUT2D eigenvalue weighted by atomic mass is 10.2. The van der Waals surface area contributed by atoms with E-state index in [2.05, 4.69) is 10.4 Å². The van der Waals surface area contributed by atoms with Crippen molar-refractivity contribution in [1.29, 1.82) is 0 Å². The number of rotatable bonds is 3. The molecule has 6 nitrogen and oxygen atoms in total. The van der Waals surface area contributed by atoms with Crippen LogP contribution in [0.1, 0.15) is 26.4 Å². The third-order valence-corrected chi connectivity index (χ3v) is 2.78. The third-order valence-electron chi connectivity index (χ3n) is 2.78. The predicted molar refractivity (Wildman–Crippen MR) is 69.3 cm³/mol. The average Bonchev–Trinajstić information content (AvgIpc) is 2.74. The number of para-hydroxylation sites is 1. The van der Waals surface area contributed by atoms with Crippen molar-refractivity contribution in [1.82, 2.24) is 9.78 Å². The SMILES string of the molecule is Cc1ccccc1NC(=O)c1c(C(=O)O)cnn1C. The minimum atomic E-state index is -1.18. The van der Waals surface area contributed by atoms with Gasteiger partial charge in [0.15, 0.2) is 0 Å². The Bertz CT molecular complexity index is 646. The van der Waals surface area contributed by atoms with Crippen LogP contribution in [0.15, 0.2) is 30.5 Å². The highest BCUT2D eigenvalue weighted by Gasteiger charge is 2.21. The summed E-state index contributed by atoms with van der Waals surface area (Å²) < 4.78 is 1.25. The van der Waals surface area contributed by atoms with Gasteiger partial charge in [0.25, 0.3) is 5.91 Å². The Balaban J connectivity index is 2.33. The predicted octanol–water partition coefficient (Wildman–Crippen LogP) is 1.68. The van der Waals surface area contributed by atoms with Crippen molar-refractivity contribution in [2.45, 2.75) is 6.92 Å². The number of aryl methyl sites for hydroxylation is 2. The smallest absolute Gasteiger partial charge is 0.339 e. The number of carbonyl (C=O) groups excluding carboxylic acids is 1. The Hall–Kier alpha value is -2.63. The number of carboxylic acid groups (broad SMARTS) is 1. The van der Waals surface area contributed by atoms with Gasteiger partial charge in [-0.25, -0.2) is 4.79 Å². The zero-order valence-corrected chi connectivity index (χ0v) is 10.5. The quantitative estimate of drug-likeness (QED) is 0.878. The molecule has 0 atom stereocenters. The molecular formula is C13H13N3O3. The van der Waals surface area contributed by atoms with E-state index >= 15 is 0 Å². The molecule has 1 aromatic heterocycles. The minimum Gasteiger partial charge on any atom is -0.478 e. The van der Waals surface area contributed by atoms with E-state index in [1.165, 1.54) is 11.7 Å². The van der Waals surface area contributed by atoms with Gasteiger partial charge in [-0.3, -0.25) is 9.48 Å². The molecule has 0 unspecified atom stereocenters. The second-order valence-corrected chi connectivity index (χ2v) is 4.10. The van der Waals surface area contributed by atoms with E-state index in [1.807, 2.05) is 19.1 Å². The van der Waals surface area contributed by atoms with Gasteiger partial charge in [0.1, 0.15) is 11.3 Å². The molecule has 0 aliphatic heterocycles. The highest BCUT2D eigenvalue weighted by molar-refractivity contribution is 6.09. The summed E-state index contributed by atoms with van der Waals surface area (Å²) in [6, 6.07) is 7.27. The van der Waals surface area contributed by atoms with Crippen LogP contribution in [-0.2, 0) is 7.05 Å². The maximum absolute atomic E-state index is 12.1. The zero-order chi connectivity index (χ0) is 14.0. The third kappa shape index (κ3) is 2.47. The molecule has 19 heavy (non-hydrogen) atoms. The van der Waals surface area contributed by atoms with Gasteiger partial charge in [-0.1, -0.05) is 18.2 Å². The van der Waals surface area contributed by atoms with Crippen LogP contribution in [0.3, 0.4) is 0 Å². The summed E-state index contributed by atoms with van der Waals surface area (Å²) >= 11 is 0. The number of nitrogens with zero attached hydrogens (tertiary/aromatic N) is 2. The number of aromatic carboxylic acids is 1. The monoisotopic (exact) mass is 259 g/mol. The molecule has 2 aromatic rings. The first kappa shape index (κ1) is 12.8. The summed E-state index contributed by atoms with van der Waals surface area (Å²) in [5.41, 5.74) is 1.45. The highest BCUT2D eigenvalue weighted by atomic mass is 16.4. The number of nitrogens with one attached hydrogen (secondary N) is 1. The number of aromatic nitrogens is 2. The van der Waals surface area contributed by atoms with Gasteiger partial charge in [0.2, 0.25) is 0 Å². The van der Waals surface area contributed by atoms with E-state index in [9.17, 15) is 9.59 Å². The molecular weight excluding hydrogens is 246 g/mol. The second-order valence-electron chi connectivity index (χ2n) is 4.10. The Morgan fingerprint density at radius 3 is 2.63 bits per heavy atom. The summed E-state index contributed by atoms with van der Waals surface area (Å²) in [5.74, 6) is -1.67. The van der Waals surface area contributed by atoms with Crippen LogP contribution in [0, 0.1) is 6.92 Å². The van der Waals surface area contributed by atoms with Gasteiger partial charge in [-0.15, -0.1) is 0 Å². The number of benzene rings is 1. The van der Waals surface area contributed by atoms with Crippen molar-refractivity contribution in [3.8, 4) is 0 Å². The van der Waals surface area contributed by atoms with Gasteiger partial charge < -0.3 is 10.4 Å². The lowest BCUT2D eigenvalue weighted by Gasteiger charge is -2.08. The molecule has 2 rings (SSSR count). The van der Waals surface area contributed by atoms with Crippen LogP contribution in [0.4, 0.5) is 5.69 Å². The summed E-state index contributed by atoms with van der Waals surface area (Å²) in [7, 11) is 1.53. The van der Waals surface area contributed by atoms with E-state index in [0.29, 0.717) is 5.69 Å². The van der Waals surface area contributed by atoms with Gasteiger partial charge in [0, 0.05) is 12.7 Å². The first-order valence-electron chi connectivity index (χ1n) is 5.63. The molecule has 0 aliphatic carbocycles. The number of hydrogen-bond acceptors (Lipinski definition) is 3. The maximum Gasteiger partial charge on any atom is 0.339 e. The second kappa shape index (κ2) is 4.93. The first-order valence-corrected chi connectivity index (χ1v) is 5.63. The van der Waals surface area contributed by atoms with Crippen molar-refractivity contribution >= 4 is 17.6 Å². The zero-order valence-electron chi connectivity index (χ0n) is 10.5. The van der Waals surface area contributed by atoms with Gasteiger partial charge in [-0.2, -0.15) is 5.10 Å². The molecule has 0 saturated heterocycles. The fraction of sp³-hybridized carbons (Fsp3) is 0.154. The standard InChI is InChI=1S/C13H13N3O3/c1-8-5-3-4-6-10(8)15-12(17)11-9(13(18)19)7-14-16(11)2/h3-7H,1-2H3,(H,15,17)(H,18,19). The maximum atomic E-state index is 12.1. The van der Waals surface area contributed by atoms with Crippen LogP contribution in [0.25, 0.3) is 0 Å². The van der Waals surface area contributed by atoms with E-state index in [0.717, 1.165) is 11.8 Å². The molecule has 0 saturated carbocycles. The Kier molecular flexibility index (Phi) is 3.33. The topological polar surface area (TPSA) is 84.2 Å². The fourth-order valence-corrected chi connectivity index (χ4v) is 1.76. The van der Waals surface area contributed by atoms with Crippen molar-refractivity contribution < 1.29 is 14.7 Å². The summed E-state index contributed by atoms with van der Waals surface area (Å²) in [6.45, 7) is 1.86. The molecule has 2 N–H and O–H groups in total. The van der Waals surface area contributed by atoms with Crippen molar-refractivity contribution in [3.05, 3.63) is 47.3 Å². The number of carbonyl (C=O) groups is 2. The lowest BCUT2D eigenvalue weighted by molar-refractivity contribution is 0.0692. The highest BCUT2D eigenvalue weighted by Crippen LogP contribution is 2.16. The van der Waals surface area contributed by atoms with E-state index in [4.69, 9.17) is 5.11 Å². The number of anilines is 1. The average molecular weight is 259 g/mol. The van der Waals surface area contributed by atoms with Gasteiger partial charge in [-0.05, 0) is 18.6 Å². The van der Waals surface area contributed by atoms with E-state index < -0.39 is 11.9 Å².